The van der Waals surface area contributed by atoms with E-state index in [1.165, 1.54) is 4.90 Å². The van der Waals surface area contributed by atoms with Crippen molar-refractivity contribution in [3.8, 4) is 0 Å². The van der Waals surface area contributed by atoms with Crippen LogP contribution in [0.3, 0.4) is 0 Å². The fraction of sp³-hybridized carbons (Fsp3) is 0.333. The minimum atomic E-state index is -3.30. The lowest BCUT2D eigenvalue weighted by Crippen LogP contribution is -2.45. The number of para-hydroxylation sites is 1. The van der Waals surface area contributed by atoms with Crippen molar-refractivity contribution in [2.24, 2.45) is 5.92 Å². The van der Waals surface area contributed by atoms with Crippen molar-refractivity contribution in [1.29, 1.82) is 0 Å². The first-order valence-electron chi connectivity index (χ1n) is 13.0. The number of rotatable bonds is 8. The molecule has 1 saturated heterocycles. The van der Waals surface area contributed by atoms with E-state index in [9.17, 15) is 14.7 Å². The van der Waals surface area contributed by atoms with E-state index < -0.39 is 31.6 Å². The van der Waals surface area contributed by atoms with Gasteiger partial charge in [-0.15, -0.1) is 0 Å². The number of hydrogen-bond acceptors (Lipinski definition) is 4. The summed E-state index contributed by atoms with van der Waals surface area (Å²) in [7, 11) is -3.30. The summed E-state index contributed by atoms with van der Waals surface area (Å²) in [5.74, 6) is -0.698. The Morgan fingerprint density at radius 3 is 2.32 bits per heavy atom. The number of hydrogen-bond donors (Lipinski definition) is 1. The van der Waals surface area contributed by atoms with Crippen molar-refractivity contribution < 1.29 is 23.5 Å². The molecule has 1 fully saturated rings. The second-order valence-corrected chi connectivity index (χ2v) is 14.5. The molecule has 5 rings (SSSR count). The van der Waals surface area contributed by atoms with Crippen LogP contribution in [-0.4, -0.2) is 38.5 Å². The summed E-state index contributed by atoms with van der Waals surface area (Å²) in [5, 5.41) is 9.78. The van der Waals surface area contributed by atoms with Gasteiger partial charge < -0.3 is 18.9 Å². The van der Waals surface area contributed by atoms with Crippen LogP contribution < -0.4 is 9.80 Å². The number of carbonyl (C=O) groups is 2. The largest absolute Gasteiger partial charge is 0.396 e. The second kappa shape index (κ2) is 10.1. The smallest absolute Gasteiger partial charge is 0.264 e. The standard InChI is InChI=1S/C30H33FN2O4Si/c1-21-28(38(2,3)31)27(16-17-34)37-30(21)25-18-24(33(20-35)23-12-8-5-9-13-23)14-15-26(25)32(29(30)36)19-22-10-6-4-7-11-22/h4-15,18,20-21,27-28,34H,16-17,19H2,1-3H3/t21-,27+,28-,30+/m0/s1. The molecule has 1 N–H and O–H groups in total. The lowest BCUT2D eigenvalue weighted by atomic mass is 9.82. The van der Waals surface area contributed by atoms with Crippen LogP contribution in [-0.2, 0) is 26.5 Å². The zero-order valence-corrected chi connectivity index (χ0v) is 22.9. The first kappa shape index (κ1) is 26.3. The molecule has 2 aliphatic heterocycles. The molecule has 2 aliphatic rings. The van der Waals surface area contributed by atoms with Gasteiger partial charge in [0.1, 0.15) is 0 Å². The number of carbonyl (C=O) groups excluding carboxylic acids is 2. The predicted octanol–water partition coefficient (Wildman–Crippen LogP) is 5.69. The Bertz CT molecular complexity index is 1320. The first-order chi connectivity index (χ1) is 18.2. The third-order valence-corrected chi connectivity index (χ3v) is 10.4. The molecule has 2 amide bonds. The predicted molar refractivity (Wildman–Crippen MR) is 148 cm³/mol. The number of ether oxygens (including phenoxy) is 1. The van der Waals surface area contributed by atoms with Gasteiger partial charge in [0.2, 0.25) is 14.8 Å². The molecule has 198 valence electrons. The van der Waals surface area contributed by atoms with Crippen LogP contribution in [0.5, 0.6) is 0 Å². The number of aliphatic hydroxyl groups is 1. The lowest BCUT2D eigenvalue weighted by molar-refractivity contribution is -0.146. The number of aliphatic hydroxyl groups excluding tert-OH is 1. The molecule has 0 radical (unpaired) electrons. The van der Waals surface area contributed by atoms with Gasteiger partial charge >= 0.3 is 0 Å². The van der Waals surface area contributed by atoms with E-state index in [1.807, 2.05) is 85.8 Å². The maximum absolute atomic E-state index is 15.8. The summed E-state index contributed by atoms with van der Waals surface area (Å²) in [5.41, 5.74) is 1.67. The topological polar surface area (TPSA) is 70.1 Å². The van der Waals surface area contributed by atoms with Gasteiger partial charge in [0.05, 0.1) is 18.3 Å². The van der Waals surface area contributed by atoms with Gasteiger partial charge in [-0.05, 0) is 55.4 Å². The number of benzene rings is 3. The maximum atomic E-state index is 15.8. The summed E-state index contributed by atoms with van der Waals surface area (Å²) in [6, 6.07) is 24.5. The van der Waals surface area contributed by atoms with Crippen molar-refractivity contribution in [3.63, 3.8) is 0 Å². The van der Waals surface area contributed by atoms with E-state index >= 15 is 4.11 Å². The van der Waals surface area contributed by atoms with E-state index in [0.29, 0.717) is 29.2 Å². The van der Waals surface area contributed by atoms with E-state index in [4.69, 9.17) is 4.74 Å². The minimum absolute atomic E-state index is 0.157. The third kappa shape index (κ3) is 4.26. The van der Waals surface area contributed by atoms with E-state index in [1.54, 1.807) is 18.0 Å². The molecular weight excluding hydrogens is 499 g/mol. The SMILES string of the molecule is C[C@H]1[C@H]([Si](C)(C)F)[C@@H](CCO)O[C@]12C(=O)N(Cc1ccccc1)c1ccc(N(C=O)c3ccccc3)cc12. The molecule has 0 aliphatic carbocycles. The summed E-state index contributed by atoms with van der Waals surface area (Å²) in [4.78, 5) is 29.8. The Kier molecular flexibility index (Phi) is 6.98. The molecule has 6 nitrogen and oxygen atoms in total. The number of nitrogens with zero attached hydrogens (tertiary/aromatic N) is 2. The Balaban J connectivity index is 1.67. The highest BCUT2D eigenvalue weighted by atomic mass is 28.4. The van der Waals surface area contributed by atoms with Gasteiger partial charge in [0, 0.05) is 35.0 Å². The highest BCUT2D eigenvalue weighted by Crippen LogP contribution is 2.60. The van der Waals surface area contributed by atoms with Gasteiger partial charge in [-0.2, -0.15) is 0 Å². The van der Waals surface area contributed by atoms with Crippen LogP contribution in [0, 0.1) is 5.92 Å². The van der Waals surface area contributed by atoms with E-state index in [2.05, 4.69) is 0 Å². The number of amides is 2. The molecule has 3 aromatic carbocycles. The van der Waals surface area contributed by atoms with Gasteiger partial charge in [0.25, 0.3) is 5.91 Å². The highest BCUT2D eigenvalue weighted by molar-refractivity contribution is 6.72. The summed E-state index contributed by atoms with van der Waals surface area (Å²) >= 11 is 0. The molecule has 2 heterocycles. The molecular formula is C30H33FN2O4Si. The van der Waals surface area contributed by atoms with Gasteiger partial charge in [-0.3, -0.25) is 14.5 Å². The molecule has 1 spiro atoms. The minimum Gasteiger partial charge on any atom is -0.396 e. The Hall–Kier alpha value is -3.33. The van der Waals surface area contributed by atoms with Crippen molar-refractivity contribution >= 4 is 37.8 Å². The fourth-order valence-corrected chi connectivity index (χ4v) is 8.91. The van der Waals surface area contributed by atoms with Crippen molar-refractivity contribution in [2.75, 3.05) is 16.4 Å². The molecule has 0 bridgehead atoms. The third-order valence-electron chi connectivity index (χ3n) is 7.96. The van der Waals surface area contributed by atoms with Crippen LogP contribution in [0.25, 0.3) is 0 Å². The van der Waals surface area contributed by atoms with E-state index in [0.717, 1.165) is 12.0 Å². The molecule has 4 atom stereocenters. The zero-order chi connectivity index (χ0) is 27.1. The number of halogens is 1. The summed E-state index contributed by atoms with van der Waals surface area (Å²) in [6.07, 6.45) is 0.411. The Morgan fingerprint density at radius 1 is 1.05 bits per heavy atom. The lowest BCUT2D eigenvalue weighted by Gasteiger charge is -2.31. The van der Waals surface area contributed by atoms with Crippen LogP contribution in [0.15, 0.2) is 78.9 Å². The van der Waals surface area contributed by atoms with Crippen molar-refractivity contribution in [3.05, 3.63) is 90.0 Å². The average Bonchev–Trinajstić information content (AvgIpc) is 3.33. The molecule has 38 heavy (non-hydrogen) atoms. The number of anilines is 3. The molecule has 0 unspecified atom stereocenters. The summed E-state index contributed by atoms with van der Waals surface area (Å²) in [6.45, 7) is 5.36. The van der Waals surface area contributed by atoms with Crippen LogP contribution in [0.1, 0.15) is 24.5 Å². The quantitative estimate of drug-likeness (QED) is 0.230. The molecule has 0 aromatic heterocycles. The van der Waals surface area contributed by atoms with Gasteiger partial charge in [0.15, 0.2) is 5.60 Å². The fourth-order valence-electron chi connectivity index (χ4n) is 6.36. The zero-order valence-electron chi connectivity index (χ0n) is 21.9. The Labute approximate surface area is 223 Å². The molecule has 0 saturated carbocycles. The van der Waals surface area contributed by atoms with Crippen molar-refractivity contribution in [2.45, 2.75) is 50.2 Å². The second-order valence-electron chi connectivity index (χ2n) is 10.7. The van der Waals surface area contributed by atoms with Crippen LogP contribution in [0.4, 0.5) is 21.2 Å². The first-order valence-corrected chi connectivity index (χ1v) is 16.0. The van der Waals surface area contributed by atoms with Crippen molar-refractivity contribution in [1.82, 2.24) is 0 Å². The molecule has 3 aromatic rings. The average molecular weight is 533 g/mol. The highest BCUT2D eigenvalue weighted by Gasteiger charge is 2.66. The molecule has 8 heteroatoms. The monoisotopic (exact) mass is 532 g/mol. The summed E-state index contributed by atoms with van der Waals surface area (Å²) < 4.78 is 22.4. The van der Waals surface area contributed by atoms with Crippen LogP contribution >= 0.6 is 0 Å². The maximum Gasteiger partial charge on any atom is 0.264 e. The Morgan fingerprint density at radius 2 is 1.71 bits per heavy atom. The number of fused-ring (bicyclic) bond motifs is 2. The van der Waals surface area contributed by atoms with Gasteiger partial charge in [-0.25, -0.2) is 0 Å². The van der Waals surface area contributed by atoms with E-state index in [-0.39, 0.29) is 18.9 Å². The van der Waals surface area contributed by atoms with Gasteiger partial charge in [-0.1, -0.05) is 55.5 Å². The normalized spacial score (nSPS) is 24.6. The van der Waals surface area contributed by atoms with Crippen LogP contribution in [0.2, 0.25) is 18.6 Å².